The van der Waals surface area contributed by atoms with Gasteiger partial charge in [-0.25, -0.2) is 4.39 Å². The number of hydrogen-bond donors (Lipinski definition) is 1. The lowest BCUT2D eigenvalue weighted by Gasteiger charge is -2.41. The zero-order chi connectivity index (χ0) is 28.8. The third kappa shape index (κ3) is 6.99. The molecular formula is C33H45FN2O4. The molecule has 0 saturated heterocycles. The predicted octanol–water partition coefficient (Wildman–Crippen LogP) is 5.94. The number of fused-ring (bicyclic) bond motifs is 1. The molecule has 0 saturated carbocycles. The Morgan fingerprint density at radius 1 is 1.02 bits per heavy atom. The average molecular weight is 553 g/mol. The van der Waals surface area contributed by atoms with Crippen LogP contribution in [0.2, 0.25) is 0 Å². The molecule has 0 spiro atoms. The second-order valence-corrected chi connectivity index (χ2v) is 11.2. The van der Waals surface area contributed by atoms with E-state index < -0.39 is 0 Å². The second kappa shape index (κ2) is 13.6. The Balaban J connectivity index is 1.52. The smallest absolute Gasteiger partial charge is 0.165 e. The number of nitrogens with zero attached hydrogens (tertiary/aromatic N) is 2. The Morgan fingerprint density at radius 2 is 1.77 bits per heavy atom. The van der Waals surface area contributed by atoms with Crippen molar-refractivity contribution in [3.63, 3.8) is 0 Å². The first-order chi connectivity index (χ1) is 19.2. The Labute approximate surface area is 239 Å². The fraction of sp³-hybridized carbons (Fsp3) is 0.515. The van der Waals surface area contributed by atoms with Gasteiger partial charge in [-0.3, -0.25) is 4.90 Å². The first-order valence-electron chi connectivity index (χ1n) is 14.4. The summed E-state index contributed by atoms with van der Waals surface area (Å²) < 4.78 is 32.2. The van der Waals surface area contributed by atoms with E-state index >= 15 is 4.39 Å². The van der Waals surface area contributed by atoms with E-state index in [1.165, 1.54) is 11.1 Å². The van der Waals surface area contributed by atoms with Crippen molar-refractivity contribution >= 4 is 0 Å². The molecule has 4 rings (SSSR count). The van der Waals surface area contributed by atoms with Crippen LogP contribution in [0.5, 0.6) is 11.5 Å². The summed E-state index contributed by atoms with van der Waals surface area (Å²) in [6.07, 6.45) is 7.27. The third-order valence-electron chi connectivity index (χ3n) is 8.54. The van der Waals surface area contributed by atoms with Gasteiger partial charge in [-0.05, 0) is 106 Å². The Morgan fingerprint density at radius 3 is 2.45 bits per heavy atom. The number of likely N-dealkylation sites (N-methyl/N-ethyl adjacent to an activating group) is 2. The summed E-state index contributed by atoms with van der Waals surface area (Å²) >= 11 is 0. The molecule has 2 unspecified atom stereocenters. The first-order valence-corrected chi connectivity index (χ1v) is 14.4. The summed E-state index contributed by atoms with van der Waals surface area (Å²) in [7, 11) is 5.39. The zero-order valence-electron chi connectivity index (χ0n) is 24.8. The molecule has 0 bridgehead atoms. The minimum atomic E-state index is -0.331. The van der Waals surface area contributed by atoms with Crippen LogP contribution in [0.25, 0.3) is 0 Å². The number of phenolic OH excluding ortho intramolecular Hbond substituents is 1. The van der Waals surface area contributed by atoms with E-state index in [0.29, 0.717) is 36.6 Å². The molecule has 2 aliphatic rings. The summed E-state index contributed by atoms with van der Waals surface area (Å²) in [5, 5.41) is 9.94. The normalized spacial score (nSPS) is 20.8. The molecule has 2 aromatic carbocycles. The molecule has 0 aliphatic heterocycles. The number of hydrogen-bond acceptors (Lipinski definition) is 6. The maximum Gasteiger partial charge on any atom is 0.165 e. The fourth-order valence-corrected chi connectivity index (χ4v) is 5.88. The zero-order valence-corrected chi connectivity index (χ0v) is 24.8. The van der Waals surface area contributed by atoms with Crippen LogP contribution in [0.3, 0.4) is 0 Å². The lowest BCUT2D eigenvalue weighted by Crippen LogP contribution is -2.44. The maximum absolute atomic E-state index is 15.0. The number of halogens is 1. The number of aromatic hydroxyl groups is 1. The SMILES string of the molecule is CCN(Cc1ccc(OCCN(C)C(C)C)c(F)c1)C1C=C(OC)C(OC)=CC1[C@@H]1CCc2cc(O)ccc2C1. The summed E-state index contributed by atoms with van der Waals surface area (Å²) in [5.74, 6) is 2.36. The van der Waals surface area contributed by atoms with E-state index in [1.54, 1.807) is 32.4 Å². The lowest BCUT2D eigenvalue weighted by atomic mass is 9.72. The van der Waals surface area contributed by atoms with E-state index in [1.807, 2.05) is 19.2 Å². The van der Waals surface area contributed by atoms with Gasteiger partial charge in [0.15, 0.2) is 23.1 Å². The largest absolute Gasteiger partial charge is 0.508 e. The molecule has 0 heterocycles. The van der Waals surface area contributed by atoms with Crippen molar-refractivity contribution in [2.75, 3.05) is 41.0 Å². The summed E-state index contributed by atoms with van der Waals surface area (Å²) in [6, 6.07) is 11.5. The van der Waals surface area contributed by atoms with Gasteiger partial charge in [-0.15, -0.1) is 0 Å². The number of rotatable bonds is 12. The molecule has 3 atom stereocenters. The van der Waals surface area contributed by atoms with Crippen LogP contribution < -0.4 is 4.74 Å². The lowest BCUT2D eigenvalue weighted by molar-refractivity contribution is 0.132. The van der Waals surface area contributed by atoms with Crippen LogP contribution in [0.4, 0.5) is 4.39 Å². The van der Waals surface area contributed by atoms with Crippen molar-refractivity contribution in [1.29, 1.82) is 0 Å². The highest BCUT2D eigenvalue weighted by atomic mass is 19.1. The van der Waals surface area contributed by atoms with Crippen molar-refractivity contribution in [3.05, 3.63) is 82.6 Å². The van der Waals surface area contributed by atoms with Gasteiger partial charge >= 0.3 is 0 Å². The molecule has 1 N–H and O–H groups in total. The van der Waals surface area contributed by atoms with Crippen LogP contribution in [0.1, 0.15) is 43.9 Å². The van der Waals surface area contributed by atoms with Gasteiger partial charge in [0.2, 0.25) is 0 Å². The Kier molecular flexibility index (Phi) is 10.1. The third-order valence-corrected chi connectivity index (χ3v) is 8.54. The topological polar surface area (TPSA) is 54.4 Å². The van der Waals surface area contributed by atoms with E-state index in [2.05, 4.69) is 48.8 Å². The summed E-state index contributed by atoms with van der Waals surface area (Å²) in [5.41, 5.74) is 3.43. The molecule has 2 aliphatic carbocycles. The van der Waals surface area contributed by atoms with Crippen molar-refractivity contribution in [3.8, 4) is 11.5 Å². The quantitative estimate of drug-likeness (QED) is 0.352. The highest BCUT2D eigenvalue weighted by Crippen LogP contribution is 2.39. The highest BCUT2D eigenvalue weighted by Gasteiger charge is 2.37. The van der Waals surface area contributed by atoms with E-state index in [9.17, 15) is 5.11 Å². The van der Waals surface area contributed by atoms with Gasteiger partial charge in [0.25, 0.3) is 0 Å². The van der Waals surface area contributed by atoms with Crippen LogP contribution in [-0.2, 0) is 28.9 Å². The van der Waals surface area contributed by atoms with Gasteiger partial charge < -0.3 is 24.2 Å². The molecule has 40 heavy (non-hydrogen) atoms. The fourth-order valence-electron chi connectivity index (χ4n) is 5.88. The van der Waals surface area contributed by atoms with Crippen molar-refractivity contribution in [2.45, 2.75) is 58.7 Å². The molecular weight excluding hydrogens is 507 g/mol. The predicted molar refractivity (Wildman–Crippen MR) is 157 cm³/mol. The van der Waals surface area contributed by atoms with Gasteiger partial charge in [0.05, 0.1) is 14.2 Å². The van der Waals surface area contributed by atoms with Gasteiger partial charge in [-0.1, -0.05) is 19.1 Å². The van der Waals surface area contributed by atoms with Crippen molar-refractivity contribution < 1.29 is 23.7 Å². The monoisotopic (exact) mass is 552 g/mol. The molecule has 0 radical (unpaired) electrons. The average Bonchev–Trinajstić information content (AvgIpc) is 2.95. The molecule has 218 valence electrons. The van der Waals surface area contributed by atoms with Crippen LogP contribution >= 0.6 is 0 Å². The summed E-state index contributed by atoms with van der Waals surface area (Å²) in [4.78, 5) is 4.55. The molecule has 2 aromatic rings. The second-order valence-electron chi connectivity index (χ2n) is 11.2. The highest BCUT2D eigenvalue weighted by molar-refractivity contribution is 5.38. The van der Waals surface area contributed by atoms with E-state index in [-0.39, 0.29) is 17.8 Å². The van der Waals surface area contributed by atoms with Gasteiger partial charge in [-0.2, -0.15) is 0 Å². The van der Waals surface area contributed by atoms with E-state index in [0.717, 1.165) is 49.4 Å². The molecule has 0 fully saturated rings. The Hall–Kier alpha value is -3.03. The van der Waals surface area contributed by atoms with Gasteiger partial charge in [0.1, 0.15) is 12.4 Å². The molecule has 0 amide bonds. The van der Waals surface area contributed by atoms with Crippen molar-refractivity contribution in [2.24, 2.45) is 11.8 Å². The van der Waals surface area contributed by atoms with Crippen LogP contribution in [-0.4, -0.2) is 68.0 Å². The number of ether oxygens (including phenoxy) is 3. The first kappa shape index (κ1) is 29.9. The standard InChI is InChI=1S/C33H45FN2O4/c1-7-36(21-23-8-13-31(29(34)16-23)40-15-14-35(4)22(2)3)30-20-33(39-6)32(38-5)19-28(30)26-10-9-25-18-27(37)12-11-24(25)17-26/h8,11-13,16,18-20,22,26,28,30,37H,7,9-10,14-15,17,21H2,1-6H3/t26-,28?,30?/m1/s1. The number of methoxy groups -OCH3 is 2. The minimum Gasteiger partial charge on any atom is -0.508 e. The van der Waals surface area contributed by atoms with Crippen LogP contribution in [0, 0.1) is 17.7 Å². The number of aryl methyl sites for hydroxylation is 1. The Bertz CT molecular complexity index is 1210. The number of benzene rings is 2. The van der Waals surface area contributed by atoms with E-state index in [4.69, 9.17) is 14.2 Å². The van der Waals surface area contributed by atoms with Crippen molar-refractivity contribution in [1.82, 2.24) is 9.80 Å². The molecule has 7 heteroatoms. The number of phenols is 1. The van der Waals surface area contributed by atoms with Gasteiger partial charge in [0, 0.05) is 31.1 Å². The summed E-state index contributed by atoms with van der Waals surface area (Å²) in [6.45, 7) is 8.98. The molecule has 6 nitrogen and oxygen atoms in total. The molecule has 0 aromatic heterocycles. The maximum atomic E-state index is 15.0. The van der Waals surface area contributed by atoms with Crippen LogP contribution in [0.15, 0.2) is 60.1 Å². The minimum absolute atomic E-state index is 0.0630.